The van der Waals surface area contributed by atoms with Gasteiger partial charge in [-0.15, -0.1) is 0 Å². The summed E-state index contributed by atoms with van der Waals surface area (Å²) in [7, 11) is 0. The average molecular weight is 395 g/mol. The van der Waals surface area contributed by atoms with Crippen LogP contribution in [0, 0.1) is 13.8 Å². The minimum absolute atomic E-state index is 0.0139. The molecule has 0 radical (unpaired) electrons. The lowest BCUT2D eigenvalue weighted by molar-refractivity contribution is 0.0737. The molecule has 5 nitrogen and oxygen atoms in total. The fourth-order valence-electron chi connectivity index (χ4n) is 3.66. The Morgan fingerprint density at radius 1 is 0.964 bits per heavy atom. The van der Waals surface area contributed by atoms with Crippen LogP contribution < -0.4 is 4.90 Å². The number of hydrogen-bond donors (Lipinski definition) is 0. The average Bonchev–Trinajstić information content (AvgIpc) is 3.10. The van der Waals surface area contributed by atoms with E-state index in [1.165, 1.54) is 11.3 Å². The Morgan fingerprint density at radius 3 is 2.32 bits per heavy atom. The van der Waals surface area contributed by atoms with Gasteiger partial charge in [0.15, 0.2) is 0 Å². The summed E-state index contributed by atoms with van der Waals surface area (Å²) >= 11 is 5.99. The van der Waals surface area contributed by atoms with Crippen molar-refractivity contribution in [1.29, 1.82) is 0 Å². The van der Waals surface area contributed by atoms with Crippen LogP contribution in [-0.4, -0.2) is 46.8 Å². The maximum atomic E-state index is 13.2. The van der Waals surface area contributed by atoms with Gasteiger partial charge in [0.25, 0.3) is 5.91 Å². The SMILES string of the molecule is Cc1cc(C(=O)N2CCN(c3ccccc3C)CC2)n(-c2ccc(Cl)cc2)n1. The van der Waals surface area contributed by atoms with Crippen molar-refractivity contribution >= 4 is 23.2 Å². The molecule has 3 aromatic rings. The van der Waals surface area contributed by atoms with Crippen LogP contribution in [0.15, 0.2) is 54.6 Å². The fourth-order valence-corrected chi connectivity index (χ4v) is 3.79. The number of anilines is 1. The first-order valence-electron chi connectivity index (χ1n) is 9.45. The molecule has 1 aliphatic rings. The fraction of sp³-hybridized carbons (Fsp3) is 0.273. The van der Waals surface area contributed by atoms with Crippen LogP contribution in [-0.2, 0) is 0 Å². The maximum absolute atomic E-state index is 13.2. The second-order valence-corrected chi connectivity index (χ2v) is 7.56. The molecule has 2 heterocycles. The number of aryl methyl sites for hydroxylation is 2. The van der Waals surface area contributed by atoms with Crippen LogP contribution in [0.4, 0.5) is 5.69 Å². The molecule has 144 valence electrons. The molecule has 0 spiro atoms. The summed E-state index contributed by atoms with van der Waals surface area (Å²) < 4.78 is 1.71. The summed E-state index contributed by atoms with van der Waals surface area (Å²) in [5.41, 5.74) is 4.75. The zero-order valence-corrected chi connectivity index (χ0v) is 16.9. The standard InChI is InChI=1S/C22H23ClN4O/c1-16-5-3-4-6-20(16)25-11-13-26(14-12-25)22(28)21-15-17(2)24-27(21)19-9-7-18(23)8-10-19/h3-10,15H,11-14H2,1-2H3. The third-order valence-corrected chi connectivity index (χ3v) is 5.40. The van der Waals surface area contributed by atoms with E-state index >= 15 is 0 Å². The van der Waals surface area contributed by atoms with Gasteiger partial charge in [0.2, 0.25) is 0 Å². The molecule has 0 N–H and O–H groups in total. The molecule has 1 saturated heterocycles. The number of halogens is 1. The van der Waals surface area contributed by atoms with Gasteiger partial charge in [-0.25, -0.2) is 4.68 Å². The van der Waals surface area contributed by atoms with E-state index < -0.39 is 0 Å². The van der Waals surface area contributed by atoms with Crippen molar-refractivity contribution in [3.05, 3.63) is 76.6 Å². The summed E-state index contributed by atoms with van der Waals surface area (Å²) in [6.07, 6.45) is 0. The Balaban J connectivity index is 1.52. The number of carbonyl (C=O) groups excluding carboxylic acids is 1. The van der Waals surface area contributed by atoms with Crippen LogP contribution in [0.2, 0.25) is 5.02 Å². The lowest BCUT2D eigenvalue weighted by Crippen LogP contribution is -2.49. The molecule has 0 atom stereocenters. The van der Waals surface area contributed by atoms with Crippen molar-refractivity contribution in [2.24, 2.45) is 0 Å². The Morgan fingerprint density at radius 2 is 1.64 bits per heavy atom. The Bertz CT molecular complexity index is 988. The number of para-hydroxylation sites is 1. The largest absolute Gasteiger partial charge is 0.368 e. The van der Waals surface area contributed by atoms with E-state index in [1.54, 1.807) is 4.68 Å². The predicted molar refractivity (Wildman–Crippen MR) is 113 cm³/mol. The van der Waals surface area contributed by atoms with Crippen LogP contribution in [0.25, 0.3) is 5.69 Å². The van der Waals surface area contributed by atoms with Crippen LogP contribution in [0.1, 0.15) is 21.7 Å². The molecule has 28 heavy (non-hydrogen) atoms. The van der Waals surface area contributed by atoms with E-state index in [4.69, 9.17) is 11.6 Å². The molecule has 4 rings (SSSR count). The zero-order valence-electron chi connectivity index (χ0n) is 16.1. The maximum Gasteiger partial charge on any atom is 0.272 e. The van der Waals surface area contributed by atoms with Gasteiger partial charge < -0.3 is 9.80 Å². The van der Waals surface area contributed by atoms with Gasteiger partial charge in [0.05, 0.1) is 11.4 Å². The van der Waals surface area contributed by atoms with Crippen LogP contribution in [0.5, 0.6) is 0 Å². The highest BCUT2D eigenvalue weighted by atomic mass is 35.5. The molecule has 0 saturated carbocycles. The molecule has 0 bridgehead atoms. The smallest absolute Gasteiger partial charge is 0.272 e. The van der Waals surface area contributed by atoms with Gasteiger partial charge in [0, 0.05) is 36.9 Å². The van der Waals surface area contributed by atoms with Gasteiger partial charge in [-0.3, -0.25) is 4.79 Å². The van der Waals surface area contributed by atoms with E-state index in [0.29, 0.717) is 23.8 Å². The monoisotopic (exact) mass is 394 g/mol. The number of aromatic nitrogens is 2. The molecule has 0 aliphatic carbocycles. The van der Waals surface area contributed by atoms with Crippen LogP contribution >= 0.6 is 11.6 Å². The lowest BCUT2D eigenvalue weighted by Gasteiger charge is -2.36. The van der Waals surface area contributed by atoms with Crippen molar-refractivity contribution < 1.29 is 4.79 Å². The predicted octanol–water partition coefficient (Wildman–Crippen LogP) is 4.10. The van der Waals surface area contributed by atoms with Crippen molar-refractivity contribution in [3.63, 3.8) is 0 Å². The number of carbonyl (C=O) groups is 1. The minimum Gasteiger partial charge on any atom is -0.368 e. The van der Waals surface area contributed by atoms with Crippen LogP contribution in [0.3, 0.4) is 0 Å². The van der Waals surface area contributed by atoms with Crippen molar-refractivity contribution in [2.75, 3.05) is 31.1 Å². The molecular formula is C22H23ClN4O. The third-order valence-electron chi connectivity index (χ3n) is 5.14. The molecule has 1 amide bonds. The topological polar surface area (TPSA) is 41.4 Å². The van der Waals surface area contributed by atoms with Crippen molar-refractivity contribution in [2.45, 2.75) is 13.8 Å². The number of amides is 1. The first kappa shape index (κ1) is 18.6. The molecule has 0 unspecified atom stereocenters. The minimum atomic E-state index is 0.0139. The highest BCUT2D eigenvalue weighted by Crippen LogP contribution is 2.22. The van der Waals surface area contributed by atoms with E-state index in [0.717, 1.165) is 24.5 Å². The summed E-state index contributed by atoms with van der Waals surface area (Å²) in [6, 6.07) is 17.6. The second kappa shape index (κ2) is 7.68. The summed E-state index contributed by atoms with van der Waals surface area (Å²) in [6.45, 7) is 7.06. The Labute approximate surface area is 170 Å². The highest BCUT2D eigenvalue weighted by Gasteiger charge is 2.26. The number of benzene rings is 2. The highest BCUT2D eigenvalue weighted by molar-refractivity contribution is 6.30. The van der Waals surface area contributed by atoms with Gasteiger partial charge in [0.1, 0.15) is 5.69 Å². The Hall–Kier alpha value is -2.79. The van der Waals surface area contributed by atoms with E-state index in [-0.39, 0.29) is 5.91 Å². The summed E-state index contributed by atoms with van der Waals surface area (Å²) in [4.78, 5) is 17.5. The normalized spacial score (nSPS) is 14.4. The first-order valence-corrected chi connectivity index (χ1v) is 9.83. The number of hydrogen-bond acceptors (Lipinski definition) is 3. The van der Waals surface area contributed by atoms with Crippen molar-refractivity contribution in [3.8, 4) is 5.69 Å². The van der Waals surface area contributed by atoms with E-state index in [2.05, 4.69) is 41.2 Å². The van der Waals surface area contributed by atoms with E-state index in [9.17, 15) is 4.79 Å². The lowest BCUT2D eigenvalue weighted by atomic mass is 10.1. The Kier molecular flexibility index (Phi) is 5.09. The molecule has 2 aromatic carbocycles. The van der Waals surface area contributed by atoms with Gasteiger partial charge in [-0.1, -0.05) is 29.8 Å². The molecule has 1 aromatic heterocycles. The van der Waals surface area contributed by atoms with Gasteiger partial charge >= 0.3 is 0 Å². The molecule has 6 heteroatoms. The van der Waals surface area contributed by atoms with E-state index in [1.807, 2.05) is 42.2 Å². The summed E-state index contributed by atoms with van der Waals surface area (Å²) in [5.74, 6) is 0.0139. The third kappa shape index (κ3) is 3.62. The molecule has 1 aliphatic heterocycles. The number of piperazine rings is 1. The number of rotatable bonds is 3. The zero-order chi connectivity index (χ0) is 19.7. The molecule has 1 fully saturated rings. The quantitative estimate of drug-likeness (QED) is 0.671. The van der Waals surface area contributed by atoms with Crippen molar-refractivity contribution in [1.82, 2.24) is 14.7 Å². The molecular weight excluding hydrogens is 372 g/mol. The second-order valence-electron chi connectivity index (χ2n) is 7.12. The summed E-state index contributed by atoms with van der Waals surface area (Å²) in [5, 5.41) is 5.18. The number of nitrogens with zero attached hydrogens (tertiary/aromatic N) is 4. The van der Waals surface area contributed by atoms with Gasteiger partial charge in [-0.05, 0) is 55.8 Å². The van der Waals surface area contributed by atoms with Gasteiger partial charge in [-0.2, -0.15) is 5.10 Å². The first-order chi connectivity index (χ1) is 13.5.